The Labute approximate surface area is 204 Å². The Hall–Kier alpha value is -3.61. The number of aromatic amines is 1. The van der Waals surface area contributed by atoms with Crippen molar-refractivity contribution in [1.82, 2.24) is 30.2 Å². The molecule has 0 amide bonds. The van der Waals surface area contributed by atoms with Gasteiger partial charge in [-0.1, -0.05) is 42.5 Å². The number of H-pyrrole nitrogens is 1. The van der Waals surface area contributed by atoms with E-state index in [-0.39, 0.29) is 5.92 Å². The van der Waals surface area contributed by atoms with Gasteiger partial charge in [-0.05, 0) is 43.2 Å². The molecule has 4 aromatic rings. The Morgan fingerprint density at radius 2 is 2.06 bits per heavy atom. The predicted molar refractivity (Wildman–Crippen MR) is 131 cm³/mol. The lowest BCUT2D eigenvalue weighted by Crippen LogP contribution is -2.11. The molecule has 1 unspecified atom stereocenters. The van der Waals surface area contributed by atoms with Crippen LogP contribution in [-0.2, 0) is 31.2 Å². The molecule has 9 heteroatoms. The third-order valence-corrected chi connectivity index (χ3v) is 6.26. The Morgan fingerprint density at radius 1 is 1.23 bits per heavy atom. The summed E-state index contributed by atoms with van der Waals surface area (Å²) in [5.41, 5.74) is 4.33. The van der Waals surface area contributed by atoms with E-state index in [2.05, 4.69) is 50.7 Å². The molecule has 2 atom stereocenters. The quantitative estimate of drug-likeness (QED) is 0.300. The van der Waals surface area contributed by atoms with Gasteiger partial charge in [0.05, 0.1) is 18.3 Å². The van der Waals surface area contributed by atoms with Crippen molar-refractivity contribution in [2.24, 2.45) is 13.0 Å². The van der Waals surface area contributed by atoms with E-state index in [4.69, 9.17) is 4.74 Å². The van der Waals surface area contributed by atoms with Crippen molar-refractivity contribution in [3.63, 3.8) is 0 Å². The van der Waals surface area contributed by atoms with Gasteiger partial charge in [-0.15, -0.1) is 10.2 Å². The van der Waals surface area contributed by atoms with Crippen LogP contribution in [0.15, 0.2) is 42.6 Å². The summed E-state index contributed by atoms with van der Waals surface area (Å²) in [7, 11) is 1.97. The number of unbranched alkanes of at least 4 members (excludes halogenated alkanes) is 1. The van der Waals surface area contributed by atoms with Crippen LogP contribution < -0.4 is 0 Å². The minimum atomic E-state index is -0.694. The summed E-state index contributed by atoms with van der Waals surface area (Å²) in [6.07, 6.45) is 4.66. The molecular formula is C26H31N7O2. The number of fused-ring (bicyclic) bond motifs is 1. The molecule has 35 heavy (non-hydrogen) atoms. The smallest absolute Gasteiger partial charge is 0.174 e. The summed E-state index contributed by atoms with van der Waals surface area (Å²) in [6, 6.07) is 14.1. The maximum Gasteiger partial charge on any atom is 0.174 e. The molecule has 0 radical (unpaired) electrons. The van der Waals surface area contributed by atoms with Crippen LogP contribution in [0.1, 0.15) is 60.5 Å². The molecule has 182 valence electrons. The third kappa shape index (κ3) is 6.10. The molecule has 0 saturated heterocycles. The van der Waals surface area contributed by atoms with Crippen LogP contribution >= 0.6 is 0 Å². The number of rotatable bonds is 12. The predicted octanol–water partition coefficient (Wildman–Crippen LogP) is 3.80. The summed E-state index contributed by atoms with van der Waals surface area (Å²) in [5, 5.41) is 35.7. The van der Waals surface area contributed by atoms with E-state index >= 15 is 0 Å². The topological polar surface area (TPSA) is 126 Å². The number of aromatic nitrogens is 6. The van der Waals surface area contributed by atoms with Gasteiger partial charge in [-0.25, -0.2) is 4.98 Å². The number of aliphatic hydroxyl groups excluding tert-OH is 1. The fourth-order valence-corrected chi connectivity index (χ4v) is 4.55. The van der Waals surface area contributed by atoms with Crippen LogP contribution in [-0.4, -0.2) is 41.9 Å². The second kappa shape index (κ2) is 11.7. The molecule has 0 saturated carbocycles. The minimum absolute atomic E-state index is 0.143. The molecule has 3 aromatic heterocycles. The first-order valence-corrected chi connectivity index (χ1v) is 12.0. The molecule has 0 aliphatic carbocycles. The van der Waals surface area contributed by atoms with Crippen molar-refractivity contribution in [1.29, 1.82) is 5.26 Å². The lowest BCUT2D eigenvalue weighted by atomic mass is 9.93. The van der Waals surface area contributed by atoms with Gasteiger partial charge in [0.15, 0.2) is 5.82 Å². The number of pyridine rings is 1. The zero-order valence-electron chi connectivity index (χ0n) is 20.2. The van der Waals surface area contributed by atoms with E-state index in [0.717, 1.165) is 41.6 Å². The van der Waals surface area contributed by atoms with Crippen molar-refractivity contribution < 1.29 is 9.84 Å². The van der Waals surface area contributed by atoms with Crippen molar-refractivity contribution >= 4 is 11.0 Å². The van der Waals surface area contributed by atoms with E-state index in [1.807, 2.05) is 35.9 Å². The van der Waals surface area contributed by atoms with Crippen LogP contribution in [0.5, 0.6) is 0 Å². The first-order valence-electron chi connectivity index (χ1n) is 12.0. The molecule has 0 bridgehead atoms. The summed E-state index contributed by atoms with van der Waals surface area (Å²) in [6.45, 7) is 3.35. The SMILES string of the molecule is C[C@H](Cc1nn[nH]n1)CC(O)c1c(CCCCOCc2ccccc2)n(C)c2ncc(C#N)cc12. The highest BCUT2D eigenvalue weighted by Gasteiger charge is 2.24. The maximum absolute atomic E-state index is 11.3. The Morgan fingerprint density at radius 3 is 2.80 bits per heavy atom. The zero-order chi connectivity index (χ0) is 24.6. The van der Waals surface area contributed by atoms with Crippen LogP contribution in [0.25, 0.3) is 11.0 Å². The Bertz CT molecular complexity index is 1260. The number of aliphatic hydroxyl groups is 1. The van der Waals surface area contributed by atoms with E-state index in [1.165, 1.54) is 5.56 Å². The third-order valence-electron chi connectivity index (χ3n) is 6.26. The van der Waals surface area contributed by atoms with Gasteiger partial charge in [-0.2, -0.15) is 10.5 Å². The molecule has 9 nitrogen and oxygen atoms in total. The van der Waals surface area contributed by atoms with Gasteiger partial charge < -0.3 is 14.4 Å². The second-order valence-electron chi connectivity index (χ2n) is 9.01. The highest BCUT2D eigenvalue weighted by molar-refractivity contribution is 5.83. The number of nitriles is 1. The van der Waals surface area contributed by atoms with Gasteiger partial charge >= 0.3 is 0 Å². The van der Waals surface area contributed by atoms with E-state index in [1.54, 1.807) is 6.20 Å². The lowest BCUT2D eigenvalue weighted by molar-refractivity contribution is 0.117. The van der Waals surface area contributed by atoms with Crippen LogP contribution in [0.2, 0.25) is 0 Å². The average Bonchev–Trinajstić information content (AvgIpc) is 3.47. The number of hydrogen-bond acceptors (Lipinski definition) is 7. The number of ether oxygens (including phenoxy) is 1. The maximum atomic E-state index is 11.3. The van der Waals surface area contributed by atoms with Crippen molar-refractivity contribution in [2.75, 3.05) is 6.61 Å². The molecule has 0 aliphatic rings. The molecule has 1 aromatic carbocycles. The van der Waals surface area contributed by atoms with E-state index < -0.39 is 6.10 Å². The zero-order valence-corrected chi connectivity index (χ0v) is 20.2. The molecule has 2 N–H and O–H groups in total. The average molecular weight is 474 g/mol. The fourth-order valence-electron chi connectivity index (χ4n) is 4.55. The van der Waals surface area contributed by atoms with Crippen LogP contribution in [0.3, 0.4) is 0 Å². The Balaban J connectivity index is 1.45. The highest BCUT2D eigenvalue weighted by Crippen LogP contribution is 2.34. The monoisotopic (exact) mass is 473 g/mol. The first kappa shape index (κ1) is 24.5. The van der Waals surface area contributed by atoms with Gasteiger partial charge in [0, 0.05) is 42.9 Å². The summed E-state index contributed by atoms with van der Waals surface area (Å²) in [5.74, 6) is 0.774. The molecule has 0 fully saturated rings. The molecule has 0 spiro atoms. The van der Waals surface area contributed by atoms with Gasteiger partial charge in [0.1, 0.15) is 11.7 Å². The van der Waals surface area contributed by atoms with Crippen molar-refractivity contribution in [2.45, 2.75) is 51.7 Å². The minimum Gasteiger partial charge on any atom is -0.388 e. The van der Waals surface area contributed by atoms with Gasteiger partial charge in [0.25, 0.3) is 0 Å². The summed E-state index contributed by atoms with van der Waals surface area (Å²) in [4.78, 5) is 4.52. The van der Waals surface area contributed by atoms with E-state index in [9.17, 15) is 10.4 Å². The fraction of sp³-hybridized carbons (Fsp3) is 0.423. The summed E-state index contributed by atoms with van der Waals surface area (Å²) < 4.78 is 7.88. The largest absolute Gasteiger partial charge is 0.388 e. The molecule has 4 rings (SSSR count). The number of nitrogens with one attached hydrogen (secondary N) is 1. The molecule has 3 heterocycles. The van der Waals surface area contributed by atoms with Crippen LogP contribution in [0.4, 0.5) is 0 Å². The molecular weight excluding hydrogens is 442 g/mol. The van der Waals surface area contributed by atoms with Crippen molar-refractivity contribution in [3.8, 4) is 6.07 Å². The normalized spacial score (nSPS) is 13.1. The van der Waals surface area contributed by atoms with E-state index in [0.29, 0.717) is 37.4 Å². The number of hydrogen-bond donors (Lipinski definition) is 2. The number of nitrogens with zero attached hydrogens (tertiary/aromatic N) is 6. The number of tetrazole rings is 1. The Kier molecular flexibility index (Phi) is 8.19. The van der Waals surface area contributed by atoms with Gasteiger partial charge in [0.2, 0.25) is 0 Å². The van der Waals surface area contributed by atoms with Gasteiger partial charge in [-0.3, -0.25) is 0 Å². The first-order chi connectivity index (χ1) is 17.1. The number of benzene rings is 1. The summed E-state index contributed by atoms with van der Waals surface area (Å²) >= 11 is 0. The van der Waals surface area contributed by atoms with Crippen LogP contribution in [0, 0.1) is 17.2 Å². The number of aryl methyl sites for hydroxylation is 1. The lowest BCUT2D eigenvalue weighted by Gasteiger charge is -2.17. The molecule has 0 aliphatic heterocycles. The standard InChI is InChI=1S/C26H31N7O2/c1-18(13-24-29-31-32-30-24)12-23(34)25-21-14-20(15-27)16-28-26(21)33(2)22(25)10-6-7-11-35-17-19-8-4-3-5-9-19/h3-5,8-9,14,16,18,23,34H,6-7,10-13,17H2,1-2H3,(H,29,30,31,32)/t18-,23?/m0/s1. The second-order valence-corrected chi connectivity index (χ2v) is 9.01. The van der Waals surface area contributed by atoms with Crippen molar-refractivity contribution in [3.05, 3.63) is 70.8 Å². The highest BCUT2D eigenvalue weighted by atomic mass is 16.5.